The highest BCUT2D eigenvalue weighted by Gasteiger charge is 2.30. The molecule has 0 saturated heterocycles. The van der Waals surface area contributed by atoms with Crippen molar-refractivity contribution in [3.8, 4) is 0 Å². The van der Waals surface area contributed by atoms with Crippen LogP contribution < -0.4 is 32.3 Å². The summed E-state index contributed by atoms with van der Waals surface area (Å²) >= 11 is 0. The van der Waals surface area contributed by atoms with Crippen molar-refractivity contribution in [1.29, 1.82) is 0 Å². The molecule has 5 rings (SSSR count). The molecule has 7 N–H and O–H groups in total. The van der Waals surface area contributed by atoms with Crippen LogP contribution in [0.1, 0.15) is 55.4 Å². The quantitative estimate of drug-likeness (QED) is 0.283. The lowest BCUT2D eigenvalue weighted by molar-refractivity contribution is -0.132. The molecule has 6 amide bonds. The molecule has 45 heavy (non-hydrogen) atoms. The molecule has 0 unspecified atom stereocenters. The third-order valence-corrected chi connectivity index (χ3v) is 8.02. The summed E-state index contributed by atoms with van der Waals surface area (Å²) in [7, 11) is 0. The number of amides is 6. The van der Waals surface area contributed by atoms with Crippen LogP contribution in [-0.4, -0.2) is 60.1 Å². The fraction of sp³-hybridized carbons (Fsp3) is 0.438. The van der Waals surface area contributed by atoms with Crippen LogP contribution in [0.5, 0.6) is 0 Å². The molecule has 13 nitrogen and oxygen atoms in total. The summed E-state index contributed by atoms with van der Waals surface area (Å²) in [6, 6.07) is 8.54. The van der Waals surface area contributed by atoms with Gasteiger partial charge in [-0.15, -0.1) is 0 Å². The van der Waals surface area contributed by atoms with Gasteiger partial charge in [0.05, 0.1) is 12.7 Å². The molecule has 2 aromatic rings. The second-order valence-electron chi connectivity index (χ2n) is 11.4. The van der Waals surface area contributed by atoms with Gasteiger partial charge < -0.3 is 36.7 Å². The number of hydrogen-bond acceptors (Lipinski definition) is 7. The first-order valence-corrected chi connectivity index (χ1v) is 15.2. The Kier molecular flexibility index (Phi) is 11.9. The largest absolute Gasteiger partial charge is 0.469 e. The summed E-state index contributed by atoms with van der Waals surface area (Å²) in [6.45, 7) is 0.310. The van der Waals surface area contributed by atoms with E-state index in [1.165, 1.54) is 6.26 Å². The van der Waals surface area contributed by atoms with Crippen molar-refractivity contribution in [3.05, 3.63) is 71.7 Å². The monoisotopic (exact) mass is 620 g/mol. The first-order chi connectivity index (χ1) is 21.7. The van der Waals surface area contributed by atoms with E-state index >= 15 is 0 Å². The van der Waals surface area contributed by atoms with Gasteiger partial charge in [-0.1, -0.05) is 24.3 Å². The Morgan fingerprint density at radius 3 is 2.24 bits per heavy atom. The molecule has 1 fully saturated rings. The number of carbonyl (C=O) groups is 6. The van der Waals surface area contributed by atoms with Crippen LogP contribution in [0.2, 0.25) is 0 Å². The molecule has 240 valence electrons. The van der Waals surface area contributed by atoms with Crippen LogP contribution in [-0.2, 0) is 48.2 Å². The van der Waals surface area contributed by atoms with Crippen molar-refractivity contribution in [1.82, 2.24) is 26.6 Å². The summed E-state index contributed by atoms with van der Waals surface area (Å²) < 4.78 is 5.44. The molecule has 1 aromatic carbocycles. The first kappa shape index (κ1) is 33.0. The van der Waals surface area contributed by atoms with E-state index in [9.17, 15) is 28.8 Å². The van der Waals surface area contributed by atoms with E-state index in [1.807, 2.05) is 0 Å². The number of rotatable bonds is 3. The SMILES string of the molecule is NC(=O)[C@@H]1CCCNC(=O)/C=C/C(=O)N[C@H]2CC[C@H](CC2)C(=O)N[C@@H](Cc2ccco2)C(=O)NCc2ccccc2CC(=O)N1. The number of carbonyl (C=O) groups excluding carboxylic acids is 6. The van der Waals surface area contributed by atoms with Crippen LogP contribution in [0.3, 0.4) is 0 Å². The Balaban J connectivity index is 1.51. The van der Waals surface area contributed by atoms with E-state index in [1.54, 1.807) is 36.4 Å². The molecule has 2 bridgehead atoms. The Labute approximate surface area is 261 Å². The van der Waals surface area contributed by atoms with Gasteiger partial charge in [0.1, 0.15) is 17.8 Å². The summed E-state index contributed by atoms with van der Waals surface area (Å²) in [5, 5.41) is 13.9. The summed E-state index contributed by atoms with van der Waals surface area (Å²) in [5.74, 6) is -2.49. The van der Waals surface area contributed by atoms with Crippen LogP contribution in [0.25, 0.3) is 0 Å². The van der Waals surface area contributed by atoms with E-state index in [4.69, 9.17) is 10.2 Å². The molecule has 0 spiro atoms. The van der Waals surface area contributed by atoms with Gasteiger partial charge in [0.2, 0.25) is 35.4 Å². The summed E-state index contributed by atoms with van der Waals surface area (Å²) in [6.07, 6.45) is 6.62. The predicted octanol–water partition coefficient (Wildman–Crippen LogP) is 0.277. The van der Waals surface area contributed by atoms with E-state index < -0.39 is 41.6 Å². The average molecular weight is 621 g/mol. The van der Waals surface area contributed by atoms with Crippen LogP contribution in [0.15, 0.2) is 59.2 Å². The number of primary amides is 1. The second kappa shape index (κ2) is 16.2. The molecule has 2 aliphatic heterocycles. The molecular formula is C32H40N6O7. The van der Waals surface area contributed by atoms with Gasteiger partial charge >= 0.3 is 0 Å². The zero-order valence-electron chi connectivity index (χ0n) is 25.0. The molecule has 2 atom stereocenters. The van der Waals surface area contributed by atoms with Gasteiger partial charge in [0.15, 0.2) is 0 Å². The molecule has 0 radical (unpaired) electrons. The Morgan fingerprint density at radius 1 is 0.800 bits per heavy atom. The van der Waals surface area contributed by atoms with E-state index in [0.29, 0.717) is 49.0 Å². The fourth-order valence-electron chi connectivity index (χ4n) is 5.52. The van der Waals surface area contributed by atoms with Gasteiger partial charge in [-0.25, -0.2) is 0 Å². The minimum atomic E-state index is -0.946. The molecule has 1 saturated carbocycles. The highest BCUT2D eigenvalue weighted by molar-refractivity contribution is 5.96. The van der Waals surface area contributed by atoms with Gasteiger partial charge in [0.25, 0.3) is 0 Å². The third-order valence-electron chi connectivity index (χ3n) is 8.02. The molecule has 1 aromatic heterocycles. The summed E-state index contributed by atoms with van der Waals surface area (Å²) in [5.41, 5.74) is 6.86. The molecular weight excluding hydrogens is 580 g/mol. The van der Waals surface area contributed by atoms with Crippen molar-refractivity contribution in [2.24, 2.45) is 11.7 Å². The topological polar surface area (TPSA) is 202 Å². The van der Waals surface area contributed by atoms with E-state index in [-0.39, 0.29) is 50.2 Å². The lowest BCUT2D eigenvalue weighted by Crippen LogP contribution is -2.50. The Hall–Kier alpha value is -4.94. The zero-order chi connectivity index (χ0) is 32.2. The Bertz CT molecular complexity index is 1400. The standard InChI is InChI=1S/C32H40N6O7/c33-30(42)25-8-3-15-34-27(39)13-14-28(40)36-23-11-9-20(10-12-23)31(43)38-26(18-24-7-4-16-45-24)32(44)35-19-22-6-2-1-5-21(22)17-29(41)37-25/h1-2,4-7,13-14,16,20,23,25-26H,3,8-12,15,17-19H2,(H2,33,42)(H,34,39)(H,35,44)(H,36,40)(H,37,41)(H,38,43)/b14-13+/t20-,23+,25-,26-/m0/s1. The predicted molar refractivity (Wildman–Crippen MR) is 163 cm³/mol. The van der Waals surface area contributed by atoms with Crippen molar-refractivity contribution >= 4 is 35.4 Å². The minimum Gasteiger partial charge on any atom is -0.469 e. The lowest BCUT2D eigenvalue weighted by Gasteiger charge is -2.29. The molecule has 13 heteroatoms. The van der Waals surface area contributed by atoms with Crippen LogP contribution in [0, 0.1) is 5.92 Å². The van der Waals surface area contributed by atoms with Crippen LogP contribution >= 0.6 is 0 Å². The van der Waals surface area contributed by atoms with Gasteiger partial charge in [-0.3, -0.25) is 28.8 Å². The molecule has 3 heterocycles. The molecule has 1 aliphatic carbocycles. The van der Waals surface area contributed by atoms with Gasteiger partial charge in [0, 0.05) is 43.6 Å². The maximum atomic E-state index is 13.4. The number of nitrogens with two attached hydrogens (primary N) is 1. The zero-order valence-corrected chi connectivity index (χ0v) is 25.0. The van der Waals surface area contributed by atoms with Crippen molar-refractivity contribution in [2.75, 3.05) is 6.54 Å². The van der Waals surface area contributed by atoms with Crippen molar-refractivity contribution in [3.63, 3.8) is 0 Å². The highest BCUT2D eigenvalue weighted by atomic mass is 16.3. The third kappa shape index (κ3) is 10.3. The van der Waals surface area contributed by atoms with E-state index in [2.05, 4.69) is 26.6 Å². The van der Waals surface area contributed by atoms with Crippen molar-refractivity contribution < 1.29 is 33.2 Å². The summed E-state index contributed by atoms with van der Waals surface area (Å²) in [4.78, 5) is 76.1. The van der Waals surface area contributed by atoms with E-state index in [0.717, 1.165) is 12.2 Å². The first-order valence-electron chi connectivity index (χ1n) is 15.2. The number of nitrogens with one attached hydrogen (secondary N) is 5. The number of furan rings is 1. The highest BCUT2D eigenvalue weighted by Crippen LogP contribution is 2.25. The Morgan fingerprint density at radius 2 is 1.53 bits per heavy atom. The van der Waals surface area contributed by atoms with Crippen molar-refractivity contribution in [2.45, 2.75) is 76.0 Å². The fourth-order valence-corrected chi connectivity index (χ4v) is 5.52. The van der Waals surface area contributed by atoms with Crippen LogP contribution in [0.4, 0.5) is 0 Å². The maximum Gasteiger partial charge on any atom is 0.244 e. The van der Waals surface area contributed by atoms with Gasteiger partial charge in [-0.2, -0.15) is 0 Å². The normalized spacial score (nSPS) is 25.2. The lowest BCUT2D eigenvalue weighted by atomic mass is 9.85. The minimum absolute atomic E-state index is 0.0609. The molecule has 3 aliphatic rings. The number of hydrogen-bond donors (Lipinski definition) is 6. The smallest absolute Gasteiger partial charge is 0.244 e. The number of fused-ring (bicyclic) bond motifs is 18. The average Bonchev–Trinajstić information content (AvgIpc) is 3.53. The van der Waals surface area contributed by atoms with Gasteiger partial charge in [-0.05, 0) is 61.8 Å². The number of benzene rings is 1. The second-order valence-corrected chi connectivity index (χ2v) is 11.4. The maximum absolute atomic E-state index is 13.4.